The Morgan fingerprint density at radius 1 is 0.880 bits per heavy atom. The number of hydrogen-bond donors (Lipinski definition) is 0. The van der Waals surface area contributed by atoms with E-state index in [9.17, 15) is 13.2 Å². The van der Waals surface area contributed by atoms with E-state index < -0.39 is 15.8 Å². The molecule has 25 heavy (non-hydrogen) atoms. The summed E-state index contributed by atoms with van der Waals surface area (Å²) >= 11 is 0. The normalized spacial score (nSPS) is 11.1. The zero-order valence-corrected chi connectivity index (χ0v) is 14.0. The van der Waals surface area contributed by atoms with Crippen molar-refractivity contribution in [3.63, 3.8) is 0 Å². The maximum Gasteiger partial charge on any atom is 0.379 e. The van der Waals surface area contributed by atoms with Gasteiger partial charge in [-0.3, -0.25) is 0 Å². The highest BCUT2D eigenvalue weighted by Gasteiger charge is 2.24. The van der Waals surface area contributed by atoms with Crippen molar-refractivity contribution in [1.82, 2.24) is 0 Å². The van der Waals surface area contributed by atoms with Gasteiger partial charge >= 0.3 is 5.97 Å². The van der Waals surface area contributed by atoms with Crippen molar-refractivity contribution >= 4 is 15.8 Å². The molecule has 0 aliphatic rings. The Bertz CT molecular complexity index is 972. The highest BCUT2D eigenvalue weighted by molar-refractivity contribution is 7.91. The second-order valence-corrected chi connectivity index (χ2v) is 6.88. The van der Waals surface area contributed by atoms with E-state index >= 15 is 0 Å². The predicted octanol–water partition coefficient (Wildman–Crippen LogP) is 3.34. The summed E-state index contributed by atoms with van der Waals surface area (Å²) in [5, 5.41) is -0.319. The number of methoxy groups -OCH3 is 1. The van der Waals surface area contributed by atoms with Gasteiger partial charge in [-0.25, -0.2) is 13.2 Å². The number of hydrogen-bond acceptors (Lipinski definition) is 6. The van der Waals surface area contributed by atoms with Gasteiger partial charge in [0.1, 0.15) is 11.5 Å². The topological polar surface area (TPSA) is 82.8 Å². The fourth-order valence-corrected chi connectivity index (χ4v) is 3.29. The molecule has 0 amide bonds. The van der Waals surface area contributed by atoms with Crippen LogP contribution in [0.3, 0.4) is 0 Å². The molecule has 0 radical (unpaired) electrons. The lowest BCUT2D eigenvalue weighted by molar-refractivity contribution is 0.0695. The number of ether oxygens (including phenoxy) is 2. The molecule has 0 saturated carbocycles. The molecule has 0 atom stereocenters. The second kappa shape index (κ2) is 6.82. The van der Waals surface area contributed by atoms with Gasteiger partial charge in [0.25, 0.3) is 0 Å². The van der Waals surface area contributed by atoms with E-state index in [2.05, 4.69) is 0 Å². The summed E-state index contributed by atoms with van der Waals surface area (Å²) < 4.78 is 40.2. The highest BCUT2D eigenvalue weighted by atomic mass is 32.2. The molecule has 6 nitrogen and oxygen atoms in total. The van der Waals surface area contributed by atoms with Gasteiger partial charge in [-0.15, -0.1) is 0 Å². The van der Waals surface area contributed by atoms with E-state index in [1.807, 2.05) is 0 Å². The van der Waals surface area contributed by atoms with Gasteiger partial charge < -0.3 is 13.9 Å². The molecular weight excluding hydrogens is 344 g/mol. The summed E-state index contributed by atoms with van der Waals surface area (Å²) in [7, 11) is -2.30. The van der Waals surface area contributed by atoms with Crippen LogP contribution >= 0.6 is 0 Å². The summed E-state index contributed by atoms with van der Waals surface area (Å²) in [6.45, 7) is 0. The standard InChI is InChI=1S/C18H14O6S/c1-22-13-7-9-14(10-8-13)23-18(19)16-11-12-17(24-16)25(20,21)15-5-3-2-4-6-15/h2-12H,1H3. The first-order valence-corrected chi connectivity index (χ1v) is 8.75. The molecule has 2 aromatic carbocycles. The molecule has 0 unspecified atom stereocenters. The number of furan rings is 1. The number of sulfone groups is 1. The van der Waals surface area contributed by atoms with Crippen LogP contribution in [0.25, 0.3) is 0 Å². The minimum atomic E-state index is -3.82. The van der Waals surface area contributed by atoms with Crippen LogP contribution in [0.15, 0.2) is 81.1 Å². The zero-order chi connectivity index (χ0) is 17.9. The third-order valence-corrected chi connectivity index (χ3v) is 5.01. The molecule has 0 aliphatic heterocycles. The number of carbonyl (C=O) groups is 1. The van der Waals surface area contributed by atoms with E-state index in [0.717, 1.165) is 0 Å². The molecule has 1 aromatic heterocycles. The molecule has 1 heterocycles. The minimum Gasteiger partial charge on any atom is -0.497 e. The van der Waals surface area contributed by atoms with Crippen LogP contribution in [0.1, 0.15) is 10.6 Å². The van der Waals surface area contributed by atoms with Crippen molar-refractivity contribution in [2.75, 3.05) is 7.11 Å². The summed E-state index contributed by atoms with van der Waals surface area (Å²) in [6, 6.07) is 16.7. The van der Waals surface area contributed by atoms with Gasteiger partial charge in [-0.1, -0.05) is 18.2 Å². The van der Waals surface area contributed by atoms with Gasteiger partial charge in [-0.05, 0) is 48.5 Å². The van der Waals surface area contributed by atoms with Gasteiger partial charge in [0.15, 0.2) is 0 Å². The molecule has 0 saturated heterocycles. The van der Waals surface area contributed by atoms with E-state index in [1.54, 1.807) is 42.5 Å². The maximum atomic E-state index is 12.4. The maximum absolute atomic E-state index is 12.4. The molecule has 0 N–H and O–H groups in total. The van der Waals surface area contributed by atoms with E-state index in [1.165, 1.54) is 31.4 Å². The van der Waals surface area contributed by atoms with Crippen LogP contribution in [-0.2, 0) is 9.84 Å². The van der Waals surface area contributed by atoms with Crippen LogP contribution in [0, 0.1) is 0 Å². The van der Waals surface area contributed by atoms with E-state index in [4.69, 9.17) is 13.9 Å². The number of benzene rings is 2. The number of esters is 1. The molecular formula is C18H14O6S. The van der Waals surface area contributed by atoms with Crippen molar-refractivity contribution < 1.29 is 27.1 Å². The van der Waals surface area contributed by atoms with Crippen LogP contribution < -0.4 is 9.47 Å². The second-order valence-electron chi connectivity index (χ2n) is 5.00. The summed E-state index contributed by atoms with van der Waals surface area (Å²) in [5.74, 6) is -0.0892. The summed E-state index contributed by atoms with van der Waals surface area (Å²) in [6.07, 6.45) is 0. The quantitative estimate of drug-likeness (QED) is 0.514. The van der Waals surface area contributed by atoms with Crippen LogP contribution in [0.4, 0.5) is 0 Å². The summed E-state index contributed by atoms with van der Waals surface area (Å²) in [5.41, 5.74) is 0. The Kier molecular flexibility index (Phi) is 4.58. The highest BCUT2D eigenvalue weighted by Crippen LogP contribution is 2.24. The van der Waals surface area contributed by atoms with Gasteiger partial charge in [0.2, 0.25) is 20.7 Å². The number of rotatable bonds is 5. The third kappa shape index (κ3) is 3.56. The fraction of sp³-hybridized carbons (Fsp3) is 0.0556. The lowest BCUT2D eigenvalue weighted by Gasteiger charge is -2.04. The predicted molar refractivity (Wildman–Crippen MR) is 88.6 cm³/mol. The molecule has 128 valence electrons. The Morgan fingerprint density at radius 2 is 1.52 bits per heavy atom. The molecule has 3 aromatic rings. The van der Waals surface area contributed by atoms with Crippen molar-refractivity contribution in [3.8, 4) is 11.5 Å². The van der Waals surface area contributed by atoms with Crippen LogP contribution in [-0.4, -0.2) is 21.5 Å². The molecule has 3 rings (SSSR count). The molecule has 0 spiro atoms. The molecule has 7 heteroatoms. The average Bonchev–Trinajstić information content (AvgIpc) is 3.14. The minimum absolute atomic E-state index is 0.0828. The lowest BCUT2D eigenvalue weighted by Crippen LogP contribution is -2.07. The Morgan fingerprint density at radius 3 is 2.16 bits per heavy atom. The van der Waals surface area contributed by atoms with Crippen molar-refractivity contribution in [2.24, 2.45) is 0 Å². The summed E-state index contributed by atoms with van der Waals surface area (Å²) in [4.78, 5) is 12.2. The van der Waals surface area contributed by atoms with Crippen LogP contribution in [0.5, 0.6) is 11.5 Å². The number of carbonyl (C=O) groups excluding carboxylic acids is 1. The van der Waals surface area contributed by atoms with Gasteiger partial charge in [-0.2, -0.15) is 0 Å². The third-order valence-electron chi connectivity index (χ3n) is 3.37. The van der Waals surface area contributed by atoms with E-state index in [0.29, 0.717) is 5.75 Å². The van der Waals surface area contributed by atoms with Gasteiger partial charge in [0, 0.05) is 0 Å². The smallest absolute Gasteiger partial charge is 0.379 e. The Labute approximate surface area is 144 Å². The fourth-order valence-electron chi connectivity index (χ4n) is 2.09. The Balaban J connectivity index is 1.79. The van der Waals surface area contributed by atoms with E-state index in [-0.39, 0.29) is 21.5 Å². The monoisotopic (exact) mass is 358 g/mol. The zero-order valence-electron chi connectivity index (χ0n) is 13.2. The van der Waals surface area contributed by atoms with Crippen molar-refractivity contribution in [1.29, 1.82) is 0 Å². The van der Waals surface area contributed by atoms with Crippen molar-refractivity contribution in [2.45, 2.75) is 9.99 Å². The Hall–Kier alpha value is -3.06. The molecule has 0 bridgehead atoms. The van der Waals surface area contributed by atoms with Crippen LogP contribution in [0.2, 0.25) is 0 Å². The SMILES string of the molecule is COc1ccc(OC(=O)c2ccc(S(=O)(=O)c3ccccc3)o2)cc1. The molecule has 0 fully saturated rings. The van der Waals surface area contributed by atoms with Crippen molar-refractivity contribution in [3.05, 3.63) is 72.5 Å². The first kappa shape index (κ1) is 16.8. The average molecular weight is 358 g/mol. The lowest BCUT2D eigenvalue weighted by atomic mass is 10.3. The first-order chi connectivity index (χ1) is 12.0. The first-order valence-electron chi connectivity index (χ1n) is 7.27. The molecule has 0 aliphatic carbocycles. The van der Waals surface area contributed by atoms with Gasteiger partial charge in [0.05, 0.1) is 12.0 Å². The largest absolute Gasteiger partial charge is 0.497 e.